The van der Waals surface area contributed by atoms with Gasteiger partial charge in [-0.05, 0) is 6.07 Å². The summed E-state index contributed by atoms with van der Waals surface area (Å²) < 4.78 is 16.2. The van der Waals surface area contributed by atoms with E-state index in [-0.39, 0.29) is 21.9 Å². The van der Waals surface area contributed by atoms with Crippen molar-refractivity contribution < 1.29 is 19.0 Å². The fourth-order valence-corrected chi connectivity index (χ4v) is 3.92. The van der Waals surface area contributed by atoms with E-state index in [1.165, 1.54) is 21.3 Å². The van der Waals surface area contributed by atoms with Crippen molar-refractivity contribution in [2.24, 2.45) is 5.73 Å². The molecule has 28 heavy (non-hydrogen) atoms. The number of fused-ring (bicyclic) bond motifs is 1. The number of carbonyl (C=O) groups excluding carboxylic acids is 1. The van der Waals surface area contributed by atoms with Gasteiger partial charge in [0.1, 0.15) is 32.9 Å². The van der Waals surface area contributed by atoms with Crippen molar-refractivity contribution in [3.8, 4) is 34.4 Å². The van der Waals surface area contributed by atoms with Crippen LogP contribution in [0.1, 0.15) is 15.2 Å². The zero-order chi connectivity index (χ0) is 20.6. The van der Waals surface area contributed by atoms with Crippen molar-refractivity contribution >= 4 is 39.0 Å². The van der Waals surface area contributed by atoms with E-state index in [4.69, 9.17) is 31.4 Å². The number of hydrogen-bond acceptors (Lipinski definition) is 9. The normalized spacial score (nSPS) is 10.5. The van der Waals surface area contributed by atoms with Crippen molar-refractivity contribution in [2.45, 2.75) is 0 Å². The molecule has 10 heteroatoms. The predicted octanol–water partition coefficient (Wildman–Crippen LogP) is 2.12. The fraction of sp³-hybridized carbons (Fsp3) is 0.167. The number of rotatable bonds is 5. The molecule has 0 saturated heterocycles. The third-order valence-electron chi connectivity index (χ3n) is 4.22. The molecular formula is C18H17N5O4S. The van der Waals surface area contributed by atoms with Gasteiger partial charge in [0.15, 0.2) is 11.5 Å². The van der Waals surface area contributed by atoms with E-state index in [9.17, 15) is 10.1 Å². The zero-order valence-electron chi connectivity index (χ0n) is 15.3. The minimum Gasteiger partial charge on any atom is -0.496 e. The van der Waals surface area contributed by atoms with Crippen LogP contribution < -0.4 is 31.4 Å². The second-order valence-electron chi connectivity index (χ2n) is 5.66. The van der Waals surface area contributed by atoms with Crippen LogP contribution in [0.2, 0.25) is 0 Å². The molecule has 0 radical (unpaired) electrons. The Balaban J connectivity index is 2.53. The molecule has 0 fully saturated rings. The second kappa shape index (κ2) is 7.13. The number of benzene rings is 1. The number of nitrogens with two attached hydrogens (primary N) is 3. The molecule has 1 amide bonds. The molecule has 0 aliphatic rings. The summed E-state index contributed by atoms with van der Waals surface area (Å²) in [5.74, 6) is 0.555. The molecule has 0 aliphatic heterocycles. The molecule has 9 nitrogen and oxygen atoms in total. The largest absolute Gasteiger partial charge is 0.496 e. The maximum Gasteiger partial charge on any atom is 0.260 e. The summed E-state index contributed by atoms with van der Waals surface area (Å²) >= 11 is 1.01. The molecule has 2 aromatic heterocycles. The molecule has 0 saturated carbocycles. The van der Waals surface area contributed by atoms with E-state index >= 15 is 0 Å². The zero-order valence-corrected chi connectivity index (χ0v) is 16.1. The minimum atomic E-state index is -0.692. The Kier molecular flexibility index (Phi) is 4.85. The number of ether oxygens (including phenoxy) is 3. The Morgan fingerprint density at radius 1 is 1.11 bits per heavy atom. The average molecular weight is 399 g/mol. The molecule has 0 spiro atoms. The van der Waals surface area contributed by atoms with Crippen molar-refractivity contribution in [3.05, 3.63) is 22.6 Å². The van der Waals surface area contributed by atoms with Gasteiger partial charge in [-0.2, -0.15) is 5.26 Å². The first-order valence-electron chi connectivity index (χ1n) is 7.89. The summed E-state index contributed by atoms with van der Waals surface area (Å²) in [5.41, 5.74) is 18.7. The molecule has 0 unspecified atom stereocenters. The van der Waals surface area contributed by atoms with Crippen LogP contribution in [0, 0.1) is 11.3 Å². The Morgan fingerprint density at radius 2 is 1.71 bits per heavy atom. The first-order chi connectivity index (χ1) is 13.4. The van der Waals surface area contributed by atoms with Crippen LogP contribution in [0.15, 0.2) is 12.1 Å². The number of thiophene rings is 1. The van der Waals surface area contributed by atoms with Crippen LogP contribution in [0.25, 0.3) is 21.3 Å². The summed E-state index contributed by atoms with van der Waals surface area (Å²) in [6.07, 6.45) is 0. The molecule has 6 N–H and O–H groups in total. The number of methoxy groups -OCH3 is 3. The van der Waals surface area contributed by atoms with E-state index in [0.717, 1.165) is 11.3 Å². The van der Waals surface area contributed by atoms with Crippen molar-refractivity contribution in [2.75, 3.05) is 32.8 Å². The van der Waals surface area contributed by atoms with Crippen LogP contribution in [0.3, 0.4) is 0 Å². The van der Waals surface area contributed by atoms with E-state index in [2.05, 4.69) is 11.1 Å². The van der Waals surface area contributed by atoms with Gasteiger partial charge in [-0.1, -0.05) is 0 Å². The topological polar surface area (TPSA) is 160 Å². The highest BCUT2D eigenvalue weighted by Crippen LogP contribution is 2.47. The lowest BCUT2D eigenvalue weighted by Crippen LogP contribution is -2.10. The number of hydrogen-bond donors (Lipinski definition) is 3. The summed E-state index contributed by atoms with van der Waals surface area (Å²) in [5, 5.41) is 10.1. The quantitative estimate of drug-likeness (QED) is 0.588. The van der Waals surface area contributed by atoms with E-state index in [1.807, 2.05) is 0 Å². The first kappa shape index (κ1) is 19.1. The maximum absolute atomic E-state index is 11.8. The molecule has 2 heterocycles. The predicted molar refractivity (Wildman–Crippen MR) is 107 cm³/mol. The highest BCUT2D eigenvalue weighted by Gasteiger charge is 2.26. The van der Waals surface area contributed by atoms with Gasteiger partial charge in [-0.15, -0.1) is 11.3 Å². The summed E-state index contributed by atoms with van der Waals surface area (Å²) in [6, 6.07) is 5.32. The summed E-state index contributed by atoms with van der Waals surface area (Å²) in [7, 11) is 4.46. The molecule has 0 bridgehead atoms. The van der Waals surface area contributed by atoms with Crippen molar-refractivity contribution in [1.82, 2.24) is 4.98 Å². The van der Waals surface area contributed by atoms with Gasteiger partial charge in [0.2, 0.25) is 0 Å². The van der Waals surface area contributed by atoms with E-state index < -0.39 is 5.91 Å². The van der Waals surface area contributed by atoms with Gasteiger partial charge in [0.05, 0.1) is 27.0 Å². The van der Waals surface area contributed by atoms with Crippen LogP contribution in [-0.4, -0.2) is 32.2 Å². The van der Waals surface area contributed by atoms with Crippen LogP contribution in [0.4, 0.5) is 11.5 Å². The number of amides is 1. The number of nitriles is 1. The van der Waals surface area contributed by atoms with E-state index in [1.54, 1.807) is 12.1 Å². The van der Waals surface area contributed by atoms with Gasteiger partial charge < -0.3 is 31.4 Å². The van der Waals surface area contributed by atoms with Crippen LogP contribution in [-0.2, 0) is 0 Å². The Morgan fingerprint density at radius 3 is 2.25 bits per heavy atom. The lowest BCUT2D eigenvalue weighted by Gasteiger charge is -2.16. The second-order valence-corrected chi connectivity index (χ2v) is 6.65. The highest BCUT2D eigenvalue weighted by molar-refractivity contribution is 7.21. The number of anilines is 2. The standard InChI is InChI=1S/C18H17N5O4S/c1-25-9-5-11(27-3)10(26-2)4-7(9)12-8(6-19)16(21)23-18-13(12)14(20)15(28-18)17(22)24/h4-5H,20H2,1-3H3,(H2,21,23)(H2,22,24). The monoisotopic (exact) mass is 399 g/mol. The number of pyridine rings is 1. The number of primary amides is 1. The molecule has 144 valence electrons. The Bertz CT molecular complexity index is 1150. The number of carbonyl (C=O) groups is 1. The van der Waals surface area contributed by atoms with Gasteiger partial charge in [0.25, 0.3) is 5.91 Å². The minimum absolute atomic E-state index is 0.000826. The maximum atomic E-state index is 11.8. The number of nitrogen functional groups attached to an aromatic ring is 2. The lowest BCUT2D eigenvalue weighted by atomic mass is 9.96. The van der Waals surface area contributed by atoms with Crippen molar-refractivity contribution in [3.63, 3.8) is 0 Å². The molecule has 3 rings (SSSR count). The average Bonchev–Trinajstić information content (AvgIpc) is 3.01. The Labute approximate surface area is 164 Å². The lowest BCUT2D eigenvalue weighted by molar-refractivity contribution is 0.100. The molecule has 0 aliphatic carbocycles. The highest BCUT2D eigenvalue weighted by atomic mass is 32.1. The van der Waals surface area contributed by atoms with Gasteiger partial charge in [-0.3, -0.25) is 4.79 Å². The smallest absolute Gasteiger partial charge is 0.260 e. The molecule has 0 atom stereocenters. The van der Waals surface area contributed by atoms with Gasteiger partial charge in [-0.25, -0.2) is 4.98 Å². The SMILES string of the molecule is COc1cc(OC)c(-c2c(C#N)c(N)nc3sc(C(N)=O)c(N)c23)cc1OC. The van der Waals surface area contributed by atoms with Crippen molar-refractivity contribution in [1.29, 1.82) is 5.26 Å². The molecule has 3 aromatic rings. The fourth-order valence-electron chi connectivity index (χ4n) is 2.96. The number of nitrogens with zero attached hydrogens (tertiary/aromatic N) is 2. The van der Waals surface area contributed by atoms with Crippen LogP contribution >= 0.6 is 11.3 Å². The Hall–Kier alpha value is -3.71. The van der Waals surface area contributed by atoms with Crippen LogP contribution in [0.5, 0.6) is 17.2 Å². The summed E-state index contributed by atoms with van der Waals surface area (Å²) in [4.78, 5) is 16.5. The van der Waals surface area contributed by atoms with Gasteiger partial charge >= 0.3 is 0 Å². The van der Waals surface area contributed by atoms with Gasteiger partial charge in [0, 0.05) is 22.6 Å². The van der Waals surface area contributed by atoms with E-state index in [0.29, 0.717) is 38.6 Å². The molecular weight excluding hydrogens is 382 g/mol. The first-order valence-corrected chi connectivity index (χ1v) is 8.71. The third-order valence-corrected chi connectivity index (χ3v) is 5.33. The molecule has 1 aromatic carbocycles. The summed E-state index contributed by atoms with van der Waals surface area (Å²) in [6.45, 7) is 0. The third kappa shape index (κ3) is 2.78. The number of aromatic nitrogens is 1.